The molecular weight excluding hydrogens is 432 g/mol. The molecule has 5 aromatic rings. The van der Waals surface area contributed by atoms with Crippen LogP contribution in [0, 0.1) is 6.92 Å². The number of hydrogen-bond acceptors (Lipinski definition) is 6. The van der Waals surface area contributed by atoms with Crippen LogP contribution in [0.5, 0.6) is 5.75 Å². The summed E-state index contributed by atoms with van der Waals surface area (Å²) in [5, 5.41) is 0.976. The van der Waals surface area contributed by atoms with Crippen molar-refractivity contribution in [3.05, 3.63) is 110 Å². The highest BCUT2D eigenvalue weighted by Crippen LogP contribution is 2.46. The second-order valence-corrected chi connectivity index (χ2v) is 8.40. The second-order valence-electron chi connectivity index (χ2n) is 8.40. The molecule has 166 valence electrons. The Bertz CT molecular complexity index is 1730. The van der Waals surface area contributed by atoms with E-state index in [2.05, 4.69) is 0 Å². The summed E-state index contributed by atoms with van der Waals surface area (Å²) in [7, 11) is 0. The van der Waals surface area contributed by atoms with Gasteiger partial charge < -0.3 is 13.6 Å². The first kappa shape index (κ1) is 20.2. The number of fused-ring (bicyclic) bond motifs is 4. The highest BCUT2D eigenvalue weighted by atomic mass is 16.5. The zero-order valence-electron chi connectivity index (χ0n) is 18.2. The van der Waals surface area contributed by atoms with Gasteiger partial charge in [0, 0.05) is 28.7 Å². The number of ether oxygens (including phenoxy) is 1. The number of carbonyl (C=O) groups is 1. The third kappa shape index (κ3) is 3.07. The van der Waals surface area contributed by atoms with Crippen LogP contribution in [0.25, 0.3) is 33.1 Å². The Balaban J connectivity index is 1.68. The average Bonchev–Trinajstić information content (AvgIpc) is 2.84. The minimum Gasteiger partial charge on any atom is -0.464 e. The number of para-hydroxylation sites is 1. The highest BCUT2D eigenvalue weighted by Gasteiger charge is 2.35. The summed E-state index contributed by atoms with van der Waals surface area (Å²) in [5.41, 5.74) is 3.35. The second kappa shape index (κ2) is 7.56. The molecule has 1 aliphatic heterocycles. The lowest BCUT2D eigenvalue weighted by molar-refractivity contribution is -0.135. The highest BCUT2D eigenvalue weighted by molar-refractivity contribution is 6.01. The molecule has 0 aliphatic carbocycles. The summed E-state index contributed by atoms with van der Waals surface area (Å²) in [6.07, 6.45) is 1.43. The van der Waals surface area contributed by atoms with Crippen LogP contribution >= 0.6 is 0 Å². The van der Waals surface area contributed by atoms with Gasteiger partial charge in [-0.25, -0.2) is 4.79 Å². The van der Waals surface area contributed by atoms with E-state index in [4.69, 9.17) is 13.6 Å². The van der Waals surface area contributed by atoms with Crippen molar-refractivity contribution in [2.45, 2.75) is 19.3 Å². The van der Waals surface area contributed by atoms with E-state index < -0.39 is 17.5 Å². The van der Waals surface area contributed by atoms with Gasteiger partial charge in [0.1, 0.15) is 16.9 Å². The predicted molar refractivity (Wildman–Crippen MR) is 127 cm³/mol. The molecule has 1 aliphatic rings. The Morgan fingerprint density at radius 3 is 2.47 bits per heavy atom. The molecule has 3 heterocycles. The molecule has 6 heteroatoms. The van der Waals surface area contributed by atoms with Gasteiger partial charge in [-0.1, -0.05) is 42.5 Å². The third-order valence-corrected chi connectivity index (χ3v) is 6.33. The molecule has 6 nitrogen and oxygen atoms in total. The molecule has 0 N–H and O–H groups in total. The molecule has 0 fully saturated rings. The van der Waals surface area contributed by atoms with Gasteiger partial charge in [-0.15, -0.1) is 0 Å². The topological polar surface area (TPSA) is 86.7 Å². The first-order valence-corrected chi connectivity index (χ1v) is 10.9. The van der Waals surface area contributed by atoms with Crippen LogP contribution in [0.15, 0.2) is 91.4 Å². The Kier molecular flexibility index (Phi) is 4.48. The molecule has 6 rings (SSSR count). The van der Waals surface area contributed by atoms with E-state index in [9.17, 15) is 14.4 Å². The summed E-state index contributed by atoms with van der Waals surface area (Å²) < 4.78 is 17.0. The van der Waals surface area contributed by atoms with Crippen LogP contribution in [0.3, 0.4) is 0 Å². The minimum absolute atomic E-state index is 0.0001000. The summed E-state index contributed by atoms with van der Waals surface area (Å²) in [5.74, 6) is -0.717. The van der Waals surface area contributed by atoms with E-state index in [1.807, 2.05) is 37.3 Å². The average molecular weight is 450 g/mol. The molecule has 0 amide bonds. The van der Waals surface area contributed by atoms with E-state index >= 15 is 0 Å². The Labute approximate surface area is 193 Å². The van der Waals surface area contributed by atoms with Gasteiger partial charge in [-0.3, -0.25) is 9.59 Å². The zero-order chi connectivity index (χ0) is 23.4. The molecule has 0 saturated heterocycles. The third-order valence-electron chi connectivity index (χ3n) is 6.33. The summed E-state index contributed by atoms with van der Waals surface area (Å²) in [6.45, 7) is 1.85. The van der Waals surface area contributed by atoms with E-state index in [0.717, 1.165) is 11.1 Å². The van der Waals surface area contributed by atoms with E-state index in [1.165, 1.54) is 12.3 Å². The molecular formula is C28H18O6. The number of benzene rings is 3. The van der Waals surface area contributed by atoms with Crippen molar-refractivity contribution in [3.8, 4) is 16.9 Å². The number of esters is 1. The Hall–Kier alpha value is -4.45. The predicted octanol–water partition coefficient (Wildman–Crippen LogP) is 5.32. The van der Waals surface area contributed by atoms with Gasteiger partial charge in [0.15, 0.2) is 5.43 Å². The fourth-order valence-corrected chi connectivity index (χ4v) is 4.84. The van der Waals surface area contributed by atoms with Crippen molar-refractivity contribution in [3.63, 3.8) is 0 Å². The quantitative estimate of drug-likeness (QED) is 0.206. The van der Waals surface area contributed by atoms with Crippen molar-refractivity contribution in [1.29, 1.82) is 0 Å². The summed E-state index contributed by atoms with van der Waals surface area (Å²) >= 11 is 0. The molecule has 0 spiro atoms. The Morgan fingerprint density at radius 2 is 1.65 bits per heavy atom. The summed E-state index contributed by atoms with van der Waals surface area (Å²) in [4.78, 5) is 38.5. The van der Waals surface area contributed by atoms with Crippen LogP contribution in [0.1, 0.15) is 29.0 Å². The minimum atomic E-state index is -0.558. The lowest BCUT2D eigenvalue weighted by Gasteiger charge is -2.27. The largest absolute Gasteiger partial charge is 0.464 e. The van der Waals surface area contributed by atoms with Crippen LogP contribution in [-0.4, -0.2) is 5.97 Å². The Morgan fingerprint density at radius 1 is 0.882 bits per heavy atom. The maximum absolute atomic E-state index is 13.4. The van der Waals surface area contributed by atoms with Crippen molar-refractivity contribution in [2.75, 3.05) is 0 Å². The van der Waals surface area contributed by atoms with Gasteiger partial charge >= 0.3 is 11.6 Å². The standard InChI is InChI=1S/C28H18O6/c1-15-11-22-26(18(12-23(29)33-22)16-7-3-2-4-8-16)28-25(15)19(13-24(30)34-28)20-14-32-21-10-6-5-9-17(21)27(20)31/h2-12,14,19H,13H2,1H3/t19-/m1/s1. The maximum Gasteiger partial charge on any atom is 0.336 e. The molecule has 0 saturated carbocycles. The van der Waals surface area contributed by atoms with Crippen LogP contribution in [-0.2, 0) is 4.79 Å². The van der Waals surface area contributed by atoms with Crippen molar-refractivity contribution in [2.24, 2.45) is 0 Å². The van der Waals surface area contributed by atoms with E-state index in [1.54, 1.807) is 30.3 Å². The van der Waals surface area contributed by atoms with Crippen molar-refractivity contribution >= 4 is 27.9 Å². The summed E-state index contributed by atoms with van der Waals surface area (Å²) in [6, 6.07) is 19.5. The van der Waals surface area contributed by atoms with Crippen LogP contribution in [0.2, 0.25) is 0 Å². The molecule has 0 bridgehead atoms. The lowest BCUT2D eigenvalue weighted by atomic mass is 9.82. The normalized spacial score (nSPS) is 15.3. The molecule has 34 heavy (non-hydrogen) atoms. The molecule has 0 unspecified atom stereocenters. The van der Waals surface area contributed by atoms with Crippen LogP contribution < -0.4 is 15.8 Å². The lowest BCUT2D eigenvalue weighted by Crippen LogP contribution is -2.26. The van der Waals surface area contributed by atoms with E-state index in [0.29, 0.717) is 44.4 Å². The molecule has 2 aromatic heterocycles. The maximum atomic E-state index is 13.4. The molecule has 0 radical (unpaired) electrons. The number of hydrogen-bond donors (Lipinski definition) is 0. The number of carbonyl (C=O) groups excluding carboxylic acids is 1. The first-order chi connectivity index (χ1) is 16.5. The van der Waals surface area contributed by atoms with Gasteiger partial charge in [-0.2, -0.15) is 0 Å². The van der Waals surface area contributed by atoms with Gasteiger partial charge in [-0.05, 0) is 36.2 Å². The fraction of sp³-hybridized carbons (Fsp3) is 0.107. The number of aryl methyl sites for hydroxylation is 1. The zero-order valence-corrected chi connectivity index (χ0v) is 18.2. The van der Waals surface area contributed by atoms with Crippen molar-refractivity contribution in [1.82, 2.24) is 0 Å². The molecule has 1 atom stereocenters. The van der Waals surface area contributed by atoms with Crippen LogP contribution in [0.4, 0.5) is 0 Å². The number of rotatable bonds is 2. The van der Waals surface area contributed by atoms with E-state index in [-0.39, 0.29) is 11.8 Å². The monoisotopic (exact) mass is 450 g/mol. The van der Waals surface area contributed by atoms with Gasteiger partial charge in [0.25, 0.3) is 0 Å². The van der Waals surface area contributed by atoms with Crippen molar-refractivity contribution < 1.29 is 18.4 Å². The smallest absolute Gasteiger partial charge is 0.336 e. The first-order valence-electron chi connectivity index (χ1n) is 10.9. The fourth-order valence-electron chi connectivity index (χ4n) is 4.84. The molecule has 3 aromatic carbocycles. The van der Waals surface area contributed by atoms with Gasteiger partial charge in [0.2, 0.25) is 0 Å². The SMILES string of the molecule is Cc1cc2oc(=O)cc(-c3ccccc3)c2c2c1[C@@H](c1coc3ccccc3c1=O)CC(=O)O2. The van der Waals surface area contributed by atoms with Gasteiger partial charge in [0.05, 0.1) is 23.5 Å².